The average Bonchev–Trinajstić information content (AvgIpc) is 2.65. The molecule has 1 aromatic carbocycles. The Morgan fingerprint density at radius 2 is 2.00 bits per heavy atom. The van der Waals surface area contributed by atoms with Crippen LogP contribution in [-0.4, -0.2) is 67.4 Å². The highest BCUT2D eigenvalue weighted by Crippen LogP contribution is 2.19. The van der Waals surface area contributed by atoms with Gasteiger partial charge in [0.05, 0.1) is 0 Å². The quantitative estimate of drug-likeness (QED) is 0.716. The molecule has 0 aromatic heterocycles. The van der Waals surface area contributed by atoms with Crippen LogP contribution in [0.3, 0.4) is 0 Å². The summed E-state index contributed by atoms with van der Waals surface area (Å²) in [4.78, 5) is 37.5. The molecular formula is C19H27N3O4. The number of hydrogen-bond donors (Lipinski definition) is 1. The molecular weight excluding hydrogens is 334 g/mol. The molecule has 7 nitrogen and oxygen atoms in total. The number of carbonyl (C=O) groups excluding carboxylic acids is 3. The van der Waals surface area contributed by atoms with Crippen molar-refractivity contribution < 1.29 is 19.1 Å². The number of benzene rings is 1. The highest BCUT2D eigenvalue weighted by atomic mass is 16.6. The van der Waals surface area contributed by atoms with E-state index < -0.39 is 6.09 Å². The molecule has 1 N–H and O–H groups in total. The van der Waals surface area contributed by atoms with E-state index in [0.717, 1.165) is 37.1 Å². The van der Waals surface area contributed by atoms with Crippen molar-refractivity contribution in [1.82, 2.24) is 9.80 Å². The van der Waals surface area contributed by atoms with E-state index >= 15 is 0 Å². The van der Waals surface area contributed by atoms with E-state index in [4.69, 9.17) is 4.74 Å². The van der Waals surface area contributed by atoms with E-state index in [1.54, 1.807) is 4.90 Å². The van der Waals surface area contributed by atoms with Crippen molar-refractivity contribution in [3.8, 4) is 0 Å². The van der Waals surface area contributed by atoms with E-state index in [0.29, 0.717) is 25.5 Å². The molecule has 1 aliphatic heterocycles. The third-order valence-corrected chi connectivity index (χ3v) is 4.71. The summed E-state index contributed by atoms with van der Waals surface area (Å²) in [6, 6.07) is 8.19. The van der Waals surface area contributed by atoms with Crippen LogP contribution in [0.1, 0.15) is 25.3 Å². The molecule has 0 bridgehead atoms. The summed E-state index contributed by atoms with van der Waals surface area (Å²) >= 11 is 0. The number of rotatable bonds is 8. The molecule has 0 atom stereocenters. The number of piperidine rings is 1. The Morgan fingerprint density at radius 3 is 2.65 bits per heavy atom. The van der Waals surface area contributed by atoms with Crippen molar-refractivity contribution in [3.63, 3.8) is 0 Å². The summed E-state index contributed by atoms with van der Waals surface area (Å²) in [5.41, 5.74) is 1.95. The van der Waals surface area contributed by atoms with E-state index in [2.05, 4.69) is 17.3 Å². The predicted molar refractivity (Wildman–Crippen MR) is 99.1 cm³/mol. The van der Waals surface area contributed by atoms with E-state index in [9.17, 15) is 14.4 Å². The predicted octanol–water partition coefficient (Wildman–Crippen LogP) is 1.92. The maximum atomic E-state index is 11.9. The van der Waals surface area contributed by atoms with Crippen molar-refractivity contribution in [3.05, 3.63) is 29.8 Å². The van der Waals surface area contributed by atoms with Gasteiger partial charge in [-0.3, -0.25) is 9.59 Å². The van der Waals surface area contributed by atoms with Gasteiger partial charge in [-0.1, -0.05) is 18.2 Å². The zero-order valence-electron chi connectivity index (χ0n) is 15.4. The number of amides is 2. The molecule has 142 valence electrons. The summed E-state index contributed by atoms with van der Waals surface area (Å²) in [5, 5.41) is 2.74. The number of Topliss-reactive ketones (excluding diaryl/α,β-unsaturated/α-hetero) is 1. The third kappa shape index (κ3) is 5.84. The van der Waals surface area contributed by atoms with Crippen LogP contribution >= 0.6 is 0 Å². The van der Waals surface area contributed by atoms with Crippen molar-refractivity contribution >= 4 is 24.0 Å². The Balaban J connectivity index is 1.78. The highest BCUT2D eigenvalue weighted by molar-refractivity contribution is 5.79. The van der Waals surface area contributed by atoms with Crippen LogP contribution < -0.4 is 5.32 Å². The molecule has 26 heavy (non-hydrogen) atoms. The number of nitrogens with one attached hydrogen (secondary N) is 1. The average molecular weight is 361 g/mol. The minimum Gasteiger partial charge on any atom is -0.441 e. The fourth-order valence-electron chi connectivity index (χ4n) is 3.17. The first-order chi connectivity index (χ1) is 12.5. The molecule has 0 saturated carbocycles. The SMILES string of the molecule is CC(=O)COC(=O)N1CCC(N(C)CCc2ccccc2NC=O)CC1. The van der Waals surface area contributed by atoms with Gasteiger partial charge < -0.3 is 19.9 Å². The molecule has 1 fully saturated rings. The Labute approximate surface area is 154 Å². The lowest BCUT2D eigenvalue weighted by molar-refractivity contribution is -0.120. The number of ketones is 1. The van der Waals surface area contributed by atoms with Crippen LogP contribution in [0, 0.1) is 0 Å². The number of likely N-dealkylation sites (N-methyl/N-ethyl adjacent to an activating group) is 1. The van der Waals surface area contributed by atoms with Gasteiger partial charge in [-0.25, -0.2) is 4.79 Å². The molecule has 0 radical (unpaired) electrons. The summed E-state index contributed by atoms with van der Waals surface area (Å²) in [7, 11) is 2.09. The van der Waals surface area contributed by atoms with Gasteiger partial charge in [0.2, 0.25) is 6.41 Å². The van der Waals surface area contributed by atoms with E-state index in [1.807, 2.05) is 24.3 Å². The van der Waals surface area contributed by atoms with Gasteiger partial charge in [-0.05, 0) is 44.9 Å². The van der Waals surface area contributed by atoms with Crippen molar-refractivity contribution in [2.75, 3.05) is 38.6 Å². The third-order valence-electron chi connectivity index (χ3n) is 4.71. The molecule has 0 aliphatic carbocycles. The van der Waals surface area contributed by atoms with Crippen LogP contribution in [0.2, 0.25) is 0 Å². The monoisotopic (exact) mass is 361 g/mol. The van der Waals surface area contributed by atoms with Crippen molar-refractivity contribution in [2.45, 2.75) is 32.2 Å². The Morgan fingerprint density at radius 1 is 1.31 bits per heavy atom. The van der Waals surface area contributed by atoms with Crippen molar-refractivity contribution in [1.29, 1.82) is 0 Å². The lowest BCUT2D eigenvalue weighted by atomic mass is 10.0. The fraction of sp³-hybridized carbons (Fsp3) is 0.526. The van der Waals surface area contributed by atoms with Gasteiger partial charge >= 0.3 is 6.09 Å². The first kappa shape index (κ1) is 19.9. The second-order valence-corrected chi connectivity index (χ2v) is 6.62. The number of ether oxygens (including phenoxy) is 1. The van der Waals surface area contributed by atoms with Gasteiger partial charge in [-0.2, -0.15) is 0 Å². The van der Waals surface area contributed by atoms with E-state index in [-0.39, 0.29) is 12.4 Å². The molecule has 1 aliphatic rings. The topological polar surface area (TPSA) is 79.0 Å². The Bertz CT molecular complexity index is 627. The van der Waals surface area contributed by atoms with Crippen LogP contribution in [0.4, 0.5) is 10.5 Å². The number of likely N-dealkylation sites (tertiary alicyclic amines) is 1. The summed E-state index contributed by atoms with van der Waals surface area (Å²) in [5.74, 6) is -0.155. The minimum atomic E-state index is -0.407. The first-order valence-corrected chi connectivity index (χ1v) is 8.90. The lowest BCUT2D eigenvalue weighted by Gasteiger charge is -2.36. The summed E-state index contributed by atoms with van der Waals surface area (Å²) < 4.78 is 4.97. The first-order valence-electron chi connectivity index (χ1n) is 8.90. The normalized spacial score (nSPS) is 15.0. The molecule has 0 spiro atoms. The van der Waals surface area contributed by atoms with Crippen LogP contribution in [0.25, 0.3) is 0 Å². The fourth-order valence-corrected chi connectivity index (χ4v) is 3.17. The summed E-state index contributed by atoms with van der Waals surface area (Å²) in [6.45, 7) is 3.38. The Hall–Kier alpha value is -2.41. The largest absolute Gasteiger partial charge is 0.441 e. The van der Waals surface area contributed by atoms with Crippen LogP contribution in [0.15, 0.2) is 24.3 Å². The van der Waals surface area contributed by atoms with Gasteiger partial charge in [-0.15, -0.1) is 0 Å². The van der Waals surface area contributed by atoms with Gasteiger partial charge in [0.25, 0.3) is 0 Å². The van der Waals surface area contributed by atoms with Gasteiger partial charge in [0.1, 0.15) is 0 Å². The van der Waals surface area contributed by atoms with Gasteiger partial charge in [0, 0.05) is 31.4 Å². The van der Waals surface area contributed by atoms with Gasteiger partial charge in [0.15, 0.2) is 12.4 Å². The number of para-hydroxylation sites is 1. The number of anilines is 1. The number of hydrogen-bond acceptors (Lipinski definition) is 5. The molecule has 2 amide bonds. The number of carbonyl (C=O) groups is 3. The van der Waals surface area contributed by atoms with Crippen LogP contribution in [-0.2, 0) is 20.7 Å². The Kier molecular flexibility index (Phi) is 7.59. The van der Waals surface area contributed by atoms with Crippen molar-refractivity contribution in [2.24, 2.45) is 0 Å². The van der Waals surface area contributed by atoms with Crippen LogP contribution in [0.5, 0.6) is 0 Å². The molecule has 1 heterocycles. The molecule has 0 unspecified atom stereocenters. The van der Waals surface area contributed by atoms with E-state index in [1.165, 1.54) is 6.92 Å². The second-order valence-electron chi connectivity index (χ2n) is 6.62. The molecule has 7 heteroatoms. The maximum absolute atomic E-state index is 11.9. The highest BCUT2D eigenvalue weighted by Gasteiger charge is 2.26. The molecule has 2 rings (SSSR count). The standard InChI is InChI=1S/C19H27N3O4/c1-15(24)13-26-19(25)22-11-8-17(9-12-22)21(2)10-7-16-5-3-4-6-18(16)20-14-23/h3-6,14,17H,7-13H2,1-2H3,(H,20,23). The maximum Gasteiger partial charge on any atom is 0.410 e. The molecule has 1 aromatic rings. The molecule has 1 saturated heterocycles. The zero-order valence-corrected chi connectivity index (χ0v) is 15.4. The lowest BCUT2D eigenvalue weighted by Crippen LogP contribution is -2.46. The zero-order chi connectivity index (χ0) is 18.9. The number of nitrogens with zero attached hydrogens (tertiary/aromatic N) is 2. The second kappa shape index (κ2) is 9.91. The minimum absolute atomic E-state index is 0.155. The smallest absolute Gasteiger partial charge is 0.410 e. The summed E-state index contributed by atoms with van der Waals surface area (Å²) in [6.07, 6.45) is 2.88.